The first-order valence-corrected chi connectivity index (χ1v) is 10.2. The summed E-state index contributed by atoms with van der Waals surface area (Å²) < 4.78 is 13.6. The Morgan fingerprint density at radius 2 is 1.92 bits per heavy atom. The molecule has 1 saturated heterocycles. The summed E-state index contributed by atoms with van der Waals surface area (Å²) >= 11 is 1.37. The molecule has 1 aliphatic carbocycles. The van der Waals surface area contributed by atoms with Crippen LogP contribution in [-0.4, -0.2) is 65.6 Å². The molecule has 26 heavy (non-hydrogen) atoms. The molecule has 1 aromatic rings. The van der Waals surface area contributed by atoms with Crippen molar-refractivity contribution in [2.75, 3.05) is 31.9 Å². The first-order chi connectivity index (χ1) is 12.5. The largest absolute Gasteiger partial charge is 0.352 e. The van der Waals surface area contributed by atoms with E-state index in [1.807, 2.05) is 11.8 Å². The number of carbonyl (C=O) groups is 2. The molecule has 1 atom stereocenters. The Balaban J connectivity index is 1.37. The van der Waals surface area contributed by atoms with Crippen LogP contribution >= 0.6 is 11.8 Å². The molecule has 2 fully saturated rings. The lowest BCUT2D eigenvalue weighted by Gasteiger charge is -2.37. The van der Waals surface area contributed by atoms with Crippen molar-refractivity contribution < 1.29 is 14.0 Å². The molecule has 5 nitrogen and oxygen atoms in total. The lowest BCUT2D eigenvalue weighted by molar-refractivity contribution is -0.133. The Morgan fingerprint density at radius 3 is 2.58 bits per heavy atom. The van der Waals surface area contributed by atoms with Gasteiger partial charge in [-0.1, -0.05) is 12.1 Å². The highest BCUT2D eigenvalue weighted by molar-refractivity contribution is 7.99. The van der Waals surface area contributed by atoms with Crippen LogP contribution in [-0.2, 0) is 9.59 Å². The molecular weight excluding hydrogens is 353 g/mol. The highest BCUT2D eigenvalue weighted by Gasteiger charge is 2.30. The molecule has 1 aromatic carbocycles. The van der Waals surface area contributed by atoms with Gasteiger partial charge in [0.1, 0.15) is 5.82 Å². The van der Waals surface area contributed by atoms with Gasteiger partial charge in [0.15, 0.2) is 0 Å². The highest BCUT2D eigenvalue weighted by Crippen LogP contribution is 2.22. The van der Waals surface area contributed by atoms with Gasteiger partial charge in [0.2, 0.25) is 11.8 Å². The van der Waals surface area contributed by atoms with E-state index in [1.165, 1.54) is 17.8 Å². The van der Waals surface area contributed by atoms with Crippen molar-refractivity contribution in [3.8, 4) is 0 Å². The zero-order valence-electron chi connectivity index (χ0n) is 15.1. The lowest BCUT2D eigenvalue weighted by atomic mass is 10.2. The minimum atomic E-state index is -0.239. The first-order valence-electron chi connectivity index (χ1n) is 9.24. The molecule has 1 N–H and O–H groups in total. The third-order valence-electron chi connectivity index (χ3n) is 4.93. The van der Waals surface area contributed by atoms with E-state index in [9.17, 15) is 14.0 Å². The predicted molar refractivity (Wildman–Crippen MR) is 101 cm³/mol. The fourth-order valence-corrected chi connectivity index (χ4v) is 3.92. The molecule has 0 spiro atoms. The SMILES string of the molecule is CC(C(=O)NC1CC1)N1CCN(C(=O)CCSc2ccccc2F)CC1. The van der Waals surface area contributed by atoms with E-state index in [-0.39, 0.29) is 23.7 Å². The van der Waals surface area contributed by atoms with Crippen LogP contribution in [0, 0.1) is 5.82 Å². The molecule has 7 heteroatoms. The number of benzene rings is 1. The van der Waals surface area contributed by atoms with Crippen molar-refractivity contribution in [2.45, 2.75) is 43.2 Å². The van der Waals surface area contributed by atoms with Gasteiger partial charge in [-0.2, -0.15) is 0 Å². The third-order valence-corrected chi connectivity index (χ3v) is 5.98. The van der Waals surface area contributed by atoms with Crippen molar-refractivity contribution in [1.82, 2.24) is 15.1 Å². The molecule has 1 unspecified atom stereocenters. The van der Waals surface area contributed by atoms with E-state index >= 15 is 0 Å². The summed E-state index contributed by atoms with van der Waals surface area (Å²) in [6.45, 7) is 4.64. The molecule has 0 radical (unpaired) electrons. The Kier molecular flexibility index (Phi) is 6.53. The molecule has 142 valence electrons. The summed E-state index contributed by atoms with van der Waals surface area (Å²) in [5, 5.41) is 3.04. The van der Waals surface area contributed by atoms with Crippen molar-refractivity contribution >= 4 is 23.6 Å². The van der Waals surface area contributed by atoms with E-state index in [0.29, 0.717) is 49.3 Å². The number of nitrogens with zero attached hydrogens (tertiary/aromatic N) is 2. The molecule has 2 amide bonds. The van der Waals surface area contributed by atoms with Crippen LogP contribution in [0.3, 0.4) is 0 Å². The predicted octanol–water partition coefficient (Wildman–Crippen LogP) is 2.12. The number of nitrogens with one attached hydrogen (secondary N) is 1. The van der Waals surface area contributed by atoms with Gasteiger partial charge in [-0.15, -0.1) is 11.8 Å². The van der Waals surface area contributed by atoms with Crippen molar-refractivity contribution in [3.05, 3.63) is 30.1 Å². The number of hydrogen-bond donors (Lipinski definition) is 1. The van der Waals surface area contributed by atoms with Crippen LogP contribution < -0.4 is 5.32 Å². The van der Waals surface area contributed by atoms with Gasteiger partial charge >= 0.3 is 0 Å². The number of hydrogen-bond acceptors (Lipinski definition) is 4. The van der Waals surface area contributed by atoms with E-state index in [2.05, 4.69) is 10.2 Å². The molecule has 2 aliphatic rings. The average molecular weight is 380 g/mol. The summed E-state index contributed by atoms with van der Waals surface area (Å²) in [7, 11) is 0. The second-order valence-electron chi connectivity index (χ2n) is 6.90. The first kappa shape index (κ1) is 19.2. The smallest absolute Gasteiger partial charge is 0.237 e. The second-order valence-corrected chi connectivity index (χ2v) is 8.04. The maximum absolute atomic E-state index is 13.6. The van der Waals surface area contributed by atoms with Gasteiger partial charge in [-0.05, 0) is 31.9 Å². The zero-order valence-corrected chi connectivity index (χ0v) is 15.9. The minimum absolute atomic E-state index is 0.0913. The van der Waals surface area contributed by atoms with E-state index < -0.39 is 0 Å². The molecule has 1 aliphatic heterocycles. The maximum atomic E-state index is 13.6. The number of halogens is 1. The van der Waals surface area contributed by atoms with Gasteiger partial charge in [-0.3, -0.25) is 14.5 Å². The van der Waals surface area contributed by atoms with Crippen LogP contribution in [0.15, 0.2) is 29.2 Å². The van der Waals surface area contributed by atoms with Crippen molar-refractivity contribution in [2.24, 2.45) is 0 Å². The molecule has 1 heterocycles. The van der Waals surface area contributed by atoms with Crippen molar-refractivity contribution in [3.63, 3.8) is 0 Å². The van der Waals surface area contributed by atoms with Crippen LogP contribution in [0.4, 0.5) is 4.39 Å². The van der Waals surface area contributed by atoms with Crippen LogP contribution in [0.1, 0.15) is 26.2 Å². The maximum Gasteiger partial charge on any atom is 0.237 e. The van der Waals surface area contributed by atoms with Gasteiger partial charge in [0.05, 0.1) is 6.04 Å². The zero-order chi connectivity index (χ0) is 18.5. The molecule has 0 aromatic heterocycles. The summed E-state index contributed by atoms with van der Waals surface area (Å²) in [5.74, 6) is 0.523. The van der Waals surface area contributed by atoms with Crippen molar-refractivity contribution in [1.29, 1.82) is 0 Å². The topological polar surface area (TPSA) is 52.7 Å². The monoisotopic (exact) mass is 379 g/mol. The molecule has 3 rings (SSSR count). The Hall–Kier alpha value is -1.60. The number of amides is 2. The van der Waals surface area contributed by atoms with E-state index in [1.54, 1.807) is 18.2 Å². The molecule has 1 saturated carbocycles. The number of rotatable bonds is 7. The molecule has 0 bridgehead atoms. The quantitative estimate of drug-likeness (QED) is 0.738. The Labute approximate surface area is 158 Å². The summed E-state index contributed by atoms with van der Waals surface area (Å²) in [5.41, 5.74) is 0. The number of thioether (sulfide) groups is 1. The summed E-state index contributed by atoms with van der Waals surface area (Å²) in [4.78, 5) is 29.1. The summed E-state index contributed by atoms with van der Waals surface area (Å²) in [6.07, 6.45) is 2.58. The highest BCUT2D eigenvalue weighted by atomic mass is 32.2. The Morgan fingerprint density at radius 1 is 1.23 bits per heavy atom. The van der Waals surface area contributed by atoms with Gasteiger partial charge in [0, 0.05) is 49.3 Å². The standard InChI is InChI=1S/C19H26FN3O2S/c1-14(19(25)21-15-6-7-15)22-9-11-23(12-10-22)18(24)8-13-26-17-5-3-2-4-16(17)20/h2-5,14-15H,6-13H2,1H3,(H,21,25). The van der Waals surface area contributed by atoms with Gasteiger partial charge < -0.3 is 10.2 Å². The number of carbonyl (C=O) groups excluding carboxylic acids is 2. The van der Waals surface area contributed by atoms with Crippen LogP contribution in [0.5, 0.6) is 0 Å². The summed E-state index contributed by atoms with van der Waals surface area (Å²) in [6, 6.07) is 6.86. The fourth-order valence-electron chi connectivity index (χ4n) is 3.04. The van der Waals surface area contributed by atoms with Crippen LogP contribution in [0.2, 0.25) is 0 Å². The second kappa shape index (κ2) is 8.86. The molecular formula is C19H26FN3O2S. The van der Waals surface area contributed by atoms with Gasteiger partial charge in [-0.25, -0.2) is 4.39 Å². The van der Waals surface area contributed by atoms with Crippen LogP contribution in [0.25, 0.3) is 0 Å². The Bertz CT molecular complexity index is 645. The fraction of sp³-hybridized carbons (Fsp3) is 0.579. The van der Waals surface area contributed by atoms with E-state index in [4.69, 9.17) is 0 Å². The van der Waals surface area contributed by atoms with E-state index in [0.717, 1.165) is 12.8 Å². The lowest BCUT2D eigenvalue weighted by Crippen LogP contribution is -2.55. The average Bonchev–Trinajstić information content (AvgIpc) is 3.46. The van der Waals surface area contributed by atoms with Gasteiger partial charge in [0.25, 0.3) is 0 Å². The third kappa shape index (κ3) is 5.20. The normalized spacial score (nSPS) is 19.2. The minimum Gasteiger partial charge on any atom is -0.352 e. The number of piperazine rings is 1.